The summed E-state index contributed by atoms with van der Waals surface area (Å²) in [5.74, 6) is -1.32. The van der Waals surface area contributed by atoms with Gasteiger partial charge in [0, 0.05) is 5.39 Å². The monoisotopic (exact) mass is 458 g/mol. The molecule has 0 radical (unpaired) electrons. The number of esters is 1. The van der Waals surface area contributed by atoms with Crippen LogP contribution in [0.15, 0.2) is 78.2 Å². The van der Waals surface area contributed by atoms with E-state index in [-0.39, 0.29) is 5.78 Å². The van der Waals surface area contributed by atoms with E-state index in [1.807, 2.05) is 66.0 Å². The van der Waals surface area contributed by atoms with E-state index in [2.05, 4.69) is 10.3 Å². The van der Waals surface area contributed by atoms with Gasteiger partial charge in [-0.1, -0.05) is 54.6 Å². The average molecular weight is 459 g/mol. The van der Waals surface area contributed by atoms with E-state index in [0.717, 1.165) is 10.4 Å². The molecule has 6 nitrogen and oxygen atoms in total. The number of carbonyl (C=O) groups is 3. The van der Waals surface area contributed by atoms with Gasteiger partial charge in [-0.15, -0.1) is 11.3 Å². The minimum absolute atomic E-state index is 0.167. The molecule has 0 unspecified atom stereocenters. The van der Waals surface area contributed by atoms with Gasteiger partial charge in [-0.3, -0.25) is 9.59 Å². The van der Waals surface area contributed by atoms with Gasteiger partial charge in [0.1, 0.15) is 0 Å². The van der Waals surface area contributed by atoms with Crippen LogP contribution >= 0.6 is 11.3 Å². The number of nitrogens with zero attached hydrogens (tertiary/aromatic N) is 1. The number of aromatic nitrogens is 1. The Balaban J connectivity index is 1.47. The van der Waals surface area contributed by atoms with E-state index in [9.17, 15) is 14.4 Å². The zero-order valence-electron chi connectivity index (χ0n) is 18.0. The van der Waals surface area contributed by atoms with Crippen LogP contribution in [0.25, 0.3) is 21.5 Å². The molecule has 0 aliphatic rings. The first kappa shape index (κ1) is 22.4. The zero-order chi connectivity index (χ0) is 23.2. The molecule has 0 saturated carbocycles. The predicted octanol–water partition coefficient (Wildman–Crippen LogP) is 4.44. The molecule has 2 aromatic heterocycles. The Morgan fingerprint density at radius 3 is 2.48 bits per heavy atom. The first-order chi connectivity index (χ1) is 16.0. The second kappa shape index (κ2) is 10.2. The first-order valence-electron chi connectivity index (χ1n) is 10.5. The van der Waals surface area contributed by atoms with Crippen molar-refractivity contribution in [2.75, 3.05) is 6.61 Å². The van der Waals surface area contributed by atoms with Crippen LogP contribution in [0.3, 0.4) is 0 Å². The first-order valence-corrected chi connectivity index (χ1v) is 11.3. The largest absolute Gasteiger partial charge is 0.452 e. The summed E-state index contributed by atoms with van der Waals surface area (Å²) >= 11 is 1.52. The highest BCUT2D eigenvalue weighted by molar-refractivity contribution is 7.13. The van der Waals surface area contributed by atoms with Crippen molar-refractivity contribution in [1.29, 1.82) is 0 Å². The summed E-state index contributed by atoms with van der Waals surface area (Å²) in [7, 11) is 0. The van der Waals surface area contributed by atoms with E-state index < -0.39 is 24.5 Å². The molecule has 0 aliphatic carbocycles. The number of hydrogen-bond donors (Lipinski definition) is 1. The smallest absolute Gasteiger partial charge is 0.339 e. The van der Waals surface area contributed by atoms with E-state index in [4.69, 9.17) is 4.74 Å². The van der Waals surface area contributed by atoms with Gasteiger partial charge >= 0.3 is 5.97 Å². The van der Waals surface area contributed by atoms with Crippen LogP contribution in [0.5, 0.6) is 0 Å². The minimum atomic E-state index is -0.689. The Bertz CT molecular complexity index is 1290. The van der Waals surface area contributed by atoms with Crippen molar-refractivity contribution in [2.24, 2.45) is 0 Å². The van der Waals surface area contributed by atoms with Crippen LogP contribution in [0.2, 0.25) is 0 Å². The van der Waals surface area contributed by atoms with Gasteiger partial charge in [-0.05, 0) is 42.5 Å². The van der Waals surface area contributed by atoms with Gasteiger partial charge in [0.2, 0.25) is 0 Å². The van der Waals surface area contributed by atoms with Crippen molar-refractivity contribution in [1.82, 2.24) is 10.3 Å². The van der Waals surface area contributed by atoms with E-state index in [1.54, 1.807) is 12.1 Å². The Labute approximate surface area is 195 Å². The zero-order valence-corrected chi connectivity index (χ0v) is 18.8. The van der Waals surface area contributed by atoms with Gasteiger partial charge in [0.05, 0.1) is 27.7 Å². The number of thiophene rings is 1. The van der Waals surface area contributed by atoms with Gasteiger partial charge in [0.15, 0.2) is 12.4 Å². The number of ketones is 1. The molecule has 2 heterocycles. The maximum absolute atomic E-state index is 12.9. The number of benzene rings is 2. The molecule has 1 atom stereocenters. The van der Waals surface area contributed by atoms with Crippen molar-refractivity contribution in [2.45, 2.75) is 19.4 Å². The molecule has 166 valence electrons. The number of carbonyl (C=O) groups excluding carboxylic acids is 3. The molecule has 1 amide bonds. The van der Waals surface area contributed by atoms with Gasteiger partial charge in [-0.25, -0.2) is 9.78 Å². The number of nitrogens with one attached hydrogen (secondary N) is 1. The Morgan fingerprint density at radius 2 is 1.76 bits per heavy atom. The van der Waals surface area contributed by atoms with Crippen molar-refractivity contribution in [3.63, 3.8) is 0 Å². The number of ether oxygens (including phenoxy) is 1. The van der Waals surface area contributed by atoms with Gasteiger partial charge in [0.25, 0.3) is 5.91 Å². The predicted molar refractivity (Wildman–Crippen MR) is 128 cm³/mol. The summed E-state index contributed by atoms with van der Waals surface area (Å²) in [6, 6.07) is 21.6. The van der Waals surface area contributed by atoms with Crippen LogP contribution in [-0.4, -0.2) is 35.3 Å². The summed E-state index contributed by atoms with van der Waals surface area (Å²) < 4.78 is 5.31. The van der Waals surface area contributed by atoms with Crippen LogP contribution in [0.1, 0.15) is 22.8 Å². The standard InChI is InChI=1S/C26H22N2O4S/c1-17(29)22(14-18-8-3-2-4-9-18)28-25(30)16-32-26(31)20-15-23(24-12-7-13-33-24)27-21-11-6-5-10-19(20)21/h2-13,15,22H,14,16H2,1H3,(H,28,30)/t22-/m0/s1. The lowest BCUT2D eigenvalue weighted by atomic mass is 10.0. The third-order valence-electron chi connectivity index (χ3n) is 5.15. The van der Waals surface area contributed by atoms with Crippen LogP contribution in [0, 0.1) is 0 Å². The fraction of sp³-hybridized carbons (Fsp3) is 0.154. The summed E-state index contributed by atoms with van der Waals surface area (Å²) in [4.78, 5) is 42.9. The molecule has 0 spiro atoms. The number of para-hydroxylation sites is 1. The highest BCUT2D eigenvalue weighted by Crippen LogP contribution is 2.28. The molecule has 0 bridgehead atoms. The molecular formula is C26H22N2O4S. The summed E-state index contributed by atoms with van der Waals surface area (Å²) in [6.07, 6.45) is 0.370. The second-order valence-corrected chi connectivity index (χ2v) is 8.49. The molecule has 4 rings (SSSR count). The number of hydrogen-bond acceptors (Lipinski definition) is 6. The summed E-state index contributed by atoms with van der Waals surface area (Å²) in [5.41, 5.74) is 2.60. The number of Topliss-reactive ketones (excluding diaryl/α,β-unsaturated/α-hetero) is 1. The topological polar surface area (TPSA) is 85.4 Å². The van der Waals surface area contributed by atoms with Crippen LogP contribution in [-0.2, 0) is 20.7 Å². The Kier molecular flexibility index (Phi) is 6.90. The Morgan fingerprint density at radius 1 is 1.00 bits per heavy atom. The van der Waals surface area contributed by atoms with Crippen LogP contribution < -0.4 is 5.32 Å². The lowest BCUT2D eigenvalue weighted by Gasteiger charge is -2.16. The lowest BCUT2D eigenvalue weighted by Crippen LogP contribution is -2.43. The quantitative estimate of drug-likeness (QED) is 0.395. The third kappa shape index (κ3) is 5.51. The van der Waals surface area contributed by atoms with E-state index >= 15 is 0 Å². The molecule has 33 heavy (non-hydrogen) atoms. The highest BCUT2D eigenvalue weighted by Gasteiger charge is 2.20. The molecule has 1 N–H and O–H groups in total. The van der Waals surface area contributed by atoms with Crippen molar-refractivity contribution in [3.05, 3.63) is 89.3 Å². The molecular weight excluding hydrogens is 436 g/mol. The molecule has 0 saturated heterocycles. The average Bonchev–Trinajstić information content (AvgIpc) is 3.37. The van der Waals surface area contributed by atoms with Crippen molar-refractivity contribution >= 4 is 39.9 Å². The Hall–Kier alpha value is -3.84. The normalized spacial score (nSPS) is 11.7. The minimum Gasteiger partial charge on any atom is -0.452 e. The van der Waals surface area contributed by atoms with E-state index in [0.29, 0.717) is 28.6 Å². The maximum atomic E-state index is 12.9. The SMILES string of the molecule is CC(=O)[C@H](Cc1ccccc1)NC(=O)COC(=O)c1cc(-c2cccs2)nc2ccccc12. The number of rotatable bonds is 8. The lowest BCUT2D eigenvalue weighted by molar-refractivity contribution is -0.128. The van der Waals surface area contributed by atoms with Gasteiger partial charge in [-0.2, -0.15) is 0 Å². The van der Waals surface area contributed by atoms with Crippen molar-refractivity contribution in [3.8, 4) is 10.6 Å². The highest BCUT2D eigenvalue weighted by atomic mass is 32.1. The summed E-state index contributed by atoms with van der Waals surface area (Å²) in [6.45, 7) is 0.942. The third-order valence-corrected chi connectivity index (χ3v) is 6.05. The second-order valence-electron chi connectivity index (χ2n) is 7.55. The molecule has 7 heteroatoms. The number of fused-ring (bicyclic) bond motifs is 1. The van der Waals surface area contributed by atoms with Gasteiger partial charge < -0.3 is 10.1 Å². The fourth-order valence-corrected chi connectivity index (χ4v) is 4.17. The van der Waals surface area contributed by atoms with Crippen molar-refractivity contribution < 1.29 is 19.1 Å². The molecule has 0 fully saturated rings. The molecule has 4 aromatic rings. The summed E-state index contributed by atoms with van der Waals surface area (Å²) in [5, 5.41) is 5.25. The van der Waals surface area contributed by atoms with E-state index in [1.165, 1.54) is 18.3 Å². The number of amides is 1. The molecule has 0 aliphatic heterocycles. The fourth-order valence-electron chi connectivity index (χ4n) is 3.49. The maximum Gasteiger partial charge on any atom is 0.339 e. The number of pyridine rings is 1. The van der Waals surface area contributed by atoms with Crippen LogP contribution in [0.4, 0.5) is 0 Å². The molecule has 2 aromatic carbocycles.